The SMILES string of the molecule is CCn1ncc(Nc2ccc(CN)cc2)c(Cl)c1=O. The van der Waals surface area contributed by atoms with E-state index in [0.29, 0.717) is 18.8 Å². The largest absolute Gasteiger partial charge is 0.353 e. The van der Waals surface area contributed by atoms with Crippen LogP contribution in [0.2, 0.25) is 5.02 Å². The molecule has 6 heteroatoms. The van der Waals surface area contributed by atoms with E-state index in [9.17, 15) is 4.79 Å². The lowest BCUT2D eigenvalue weighted by atomic mass is 10.2. The van der Waals surface area contributed by atoms with Crippen molar-refractivity contribution < 1.29 is 0 Å². The highest BCUT2D eigenvalue weighted by Gasteiger charge is 2.08. The zero-order valence-corrected chi connectivity index (χ0v) is 11.3. The molecule has 0 bridgehead atoms. The number of benzene rings is 1. The first kappa shape index (κ1) is 13.6. The molecule has 0 aliphatic heterocycles. The first-order chi connectivity index (χ1) is 9.15. The van der Waals surface area contributed by atoms with Gasteiger partial charge in [-0.25, -0.2) is 4.68 Å². The number of rotatable bonds is 4. The summed E-state index contributed by atoms with van der Waals surface area (Å²) in [5.41, 5.74) is 7.60. The van der Waals surface area contributed by atoms with Gasteiger partial charge in [0.2, 0.25) is 0 Å². The topological polar surface area (TPSA) is 72.9 Å². The Morgan fingerprint density at radius 3 is 2.63 bits per heavy atom. The monoisotopic (exact) mass is 278 g/mol. The minimum absolute atomic E-state index is 0.139. The summed E-state index contributed by atoms with van der Waals surface area (Å²) >= 11 is 6.03. The molecule has 0 aliphatic carbocycles. The lowest BCUT2D eigenvalue weighted by molar-refractivity contribution is 0.616. The van der Waals surface area contributed by atoms with Crippen LogP contribution in [-0.4, -0.2) is 9.78 Å². The number of anilines is 2. The van der Waals surface area contributed by atoms with E-state index in [1.165, 1.54) is 4.68 Å². The summed E-state index contributed by atoms with van der Waals surface area (Å²) < 4.78 is 1.31. The van der Waals surface area contributed by atoms with Crippen LogP contribution in [0.25, 0.3) is 0 Å². The molecule has 1 heterocycles. The molecule has 1 aromatic carbocycles. The van der Waals surface area contributed by atoms with Crippen LogP contribution in [0.5, 0.6) is 0 Å². The zero-order valence-electron chi connectivity index (χ0n) is 10.6. The number of aromatic nitrogens is 2. The molecule has 0 radical (unpaired) electrons. The Hall–Kier alpha value is -1.85. The fraction of sp³-hybridized carbons (Fsp3) is 0.231. The third kappa shape index (κ3) is 2.94. The molecule has 0 aliphatic rings. The van der Waals surface area contributed by atoms with E-state index in [0.717, 1.165) is 11.3 Å². The Balaban J connectivity index is 2.28. The van der Waals surface area contributed by atoms with Crippen LogP contribution in [0, 0.1) is 0 Å². The maximum absolute atomic E-state index is 11.8. The van der Waals surface area contributed by atoms with Gasteiger partial charge in [-0.05, 0) is 24.6 Å². The van der Waals surface area contributed by atoms with Crippen molar-refractivity contribution in [3.05, 3.63) is 51.4 Å². The molecule has 5 nitrogen and oxygen atoms in total. The van der Waals surface area contributed by atoms with Crippen molar-refractivity contribution in [2.75, 3.05) is 5.32 Å². The van der Waals surface area contributed by atoms with Crippen molar-refractivity contribution in [1.82, 2.24) is 9.78 Å². The number of nitrogens with one attached hydrogen (secondary N) is 1. The minimum atomic E-state index is -0.298. The van der Waals surface area contributed by atoms with Gasteiger partial charge in [-0.3, -0.25) is 4.79 Å². The van der Waals surface area contributed by atoms with E-state index in [1.54, 1.807) is 6.20 Å². The van der Waals surface area contributed by atoms with Crippen molar-refractivity contribution in [3.63, 3.8) is 0 Å². The number of hydrogen-bond acceptors (Lipinski definition) is 4. The van der Waals surface area contributed by atoms with Crippen LogP contribution in [0.4, 0.5) is 11.4 Å². The van der Waals surface area contributed by atoms with Crippen molar-refractivity contribution in [2.45, 2.75) is 20.0 Å². The molecule has 0 spiro atoms. The fourth-order valence-corrected chi connectivity index (χ4v) is 1.85. The Morgan fingerprint density at radius 2 is 2.05 bits per heavy atom. The Kier molecular flexibility index (Phi) is 4.19. The molecule has 2 rings (SSSR count). The van der Waals surface area contributed by atoms with Crippen molar-refractivity contribution in [1.29, 1.82) is 0 Å². The molecule has 19 heavy (non-hydrogen) atoms. The van der Waals surface area contributed by atoms with Crippen LogP contribution < -0.4 is 16.6 Å². The second-order valence-electron chi connectivity index (χ2n) is 4.02. The molecule has 0 fully saturated rings. The number of aryl methyl sites for hydroxylation is 1. The first-order valence-corrected chi connectivity index (χ1v) is 6.35. The van der Waals surface area contributed by atoms with Gasteiger partial charge in [0.05, 0.1) is 11.9 Å². The number of nitrogens with zero attached hydrogens (tertiary/aromatic N) is 2. The number of nitrogens with two attached hydrogens (primary N) is 1. The van der Waals surface area contributed by atoms with Gasteiger partial charge in [-0.2, -0.15) is 5.10 Å². The van der Waals surface area contributed by atoms with Crippen molar-refractivity contribution in [2.24, 2.45) is 5.73 Å². The Labute approximate surface area is 116 Å². The average Bonchev–Trinajstić information content (AvgIpc) is 2.45. The second kappa shape index (κ2) is 5.86. The van der Waals surface area contributed by atoms with E-state index in [4.69, 9.17) is 17.3 Å². The maximum Gasteiger partial charge on any atom is 0.287 e. The summed E-state index contributed by atoms with van der Waals surface area (Å²) in [5.74, 6) is 0. The highest BCUT2D eigenvalue weighted by molar-refractivity contribution is 6.33. The molecule has 0 amide bonds. The molecular weight excluding hydrogens is 264 g/mol. The van der Waals surface area contributed by atoms with Crippen LogP contribution in [0.1, 0.15) is 12.5 Å². The molecular formula is C13H15ClN4O. The summed E-state index contributed by atoms with van der Waals surface area (Å²) in [6.07, 6.45) is 1.55. The molecule has 3 N–H and O–H groups in total. The first-order valence-electron chi connectivity index (χ1n) is 5.97. The predicted molar refractivity (Wildman–Crippen MR) is 76.8 cm³/mol. The van der Waals surface area contributed by atoms with Gasteiger partial charge < -0.3 is 11.1 Å². The van der Waals surface area contributed by atoms with Gasteiger partial charge in [0.25, 0.3) is 5.56 Å². The Bertz CT molecular complexity index is 622. The summed E-state index contributed by atoms with van der Waals surface area (Å²) in [4.78, 5) is 11.8. The number of hydrogen-bond donors (Lipinski definition) is 2. The van der Waals surface area contributed by atoms with E-state index >= 15 is 0 Å². The average molecular weight is 279 g/mol. The highest BCUT2D eigenvalue weighted by Crippen LogP contribution is 2.21. The van der Waals surface area contributed by atoms with Crippen LogP contribution in [0.15, 0.2) is 35.3 Å². The summed E-state index contributed by atoms with van der Waals surface area (Å²) in [5, 5.41) is 7.23. The van der Waals surface area contributed by atoms with E-state index in [1.807, 2.05) is 31.2 Å². The molecule has 2 aromatic rings. The van der Waals surface area contributed by atoms with E-state index < -0.39 is 0 Å². The van der Waals surface area contributed by atoms with Crippen LogP contribution in [-0.2, 0) is 13.1 Å². The van der Waals surface area contributed by atoms with Gasteiger partial charge >= 0.3 is 0 Å². The van der Waals surface area contributed by atoms with Crippen molar-refractivity contribution in [3.8, 4) is 0 Å². The van der Waals surface area contributed by atoms with Crippen molar-refractivity contribution >= 4 is 23.0 Å². The fourth-order valence-electron chi connectivity index (χ4n) is 1.66. The van der Waals surface area contributed by atoms with Gasteiger partial charge in [-0.15, -0.1) is 0 Å². The normalized spacial score (nSPS) is 10.5. The summed E-state index contributed by atoms with van der Waals surface area (Å²) in [6, 6.07) is 7.58. The van der Waals surface area contributed by atoms with Gasteiger partial charge in [0.15, 0.2) is 0 Å². The zero-order chi connectivity index (χ0) is 13.8. The minimum Gasteiger partial charge on any atom is -0.353 e. The highest BCUT2D eigenvalue weighted by atomic mass is 35.5. The molecule has 0 unspecified atom stereocenters. The van der Waals surface area contributed by atoms with Crippen LogP contribution >= 0.6 is 11.6 Å². The molecule has 1 aromatic heterocycles. The molecule has 0 saturated heterocycles. The van der Waals surface area contributed by atoms with Gasteiger partial charge in [0.1, 0.15) is 5.02 Å². The van der Waals surface area contributed by atoms with Crippen LogP contribution in [0.3, 0.4) is 0 Å². The second-order valence-corrected chi connectivity index (χ2v) is 4.40. The Morgan fingerprint density at radius 1 is 1.37 bits per heavy atom. The lowest BCUT2D eigenvalue weighted by Gasteiger charge is -2.09. The standard InChI is InChI=1S/C13H15ClN4O/c1-2-18-13(19)12(14)11(8-16-18)17-10-5-3-9(7-15)4-6-10/h3-6,8,17H,2,7,15H2,1H3. The van der Waals surface area contributed by atoms with Gasteiger partial charge in [0, 0.05) is 18.8 Å². The quantitative estimate of drug-likeness (QED) is 0.898. The maximum atomic E-state index is 11.8. The molecule has 100 valence electrons. The number of halogens is 1. The summed E-state index contributed by atoms with van der Waals surface area (Å²) in [6.45, 7) is 2.82. The van der Waals surface area contributed by atoms with Gasteiger partial charge in [-0.1, -0.05) is 23.7 Å². The lowest BCUT2D eigenvalue weighted by Crippen LogP contribution is -2.22. The third-order valence-corrected chi connectivity index (χ3v) is 3.12. The predicted octanol–water partition coefficient (Wildman–Crippen LogP) is 2.12. The molecule has 0 atom stereocenters. The van der Waals surface area contributed by atoms with E-state index in [2.05, 4.69) is 10.4 Å². The smallest absolute Gasteiger partial charge is 0.287 e. The van der Waals surface area contributed by atoms with E-state index in [-0.39, 0.29) is 10.6 Å². The summed E-state index contributed by atoms with van der Waals surface area (Å²) in [7, 11) is 0. The third-order valence-electron chi connectivity index (χ3n) is 2.75. The molecule has 0 saturated carbocycles.